The van der Waals surface area contributed by atoms with Gasteiger partial charge in [-0.3, -0.25) is 10.1 Å². The van der Waals surface area contributed by atoms with Gasteiger partial charge in [0.05, 0.1) is 16.6 Å². The first kappa shape index (κ1) is 14.9. The Morgan fingerprint density at radius 1 is 1.29 bits per heavy atom. The van der Waals surface area contributed by atoms with Crippen LogP contribution in [0.25, 0.3) is 0 Å². The Bertz CT molecular complexity index is 743. The molecule has 2 aromatic rings. The lowest BCUT2D eigenvalue weighted by molar-refractivity contribution is -0.385. The van der Waals surface area contributed by atoms with Crippen molar-refractivity contribution in [1.82, 2.24) is 0 Å². The number of alkyl halides is 1. The normalized spacial score (nSPS) is 9.95. The smallest absolute Gasteiger partial charge is 0.311 e. The molecule has 0 amide bonds. The molecule has 21 heavy (non-hydrogen) atoms. The quantitative estimate of drug-likeness (QED) is 0.468. The number of hydrogen-bond donors (Lipinski definition) is 0. The van der Waals surface area contributed by atoms with Crippen LogP contribution in [-0.2, 0) is 5.33 Å². The summed E-state index contributed by atoms with van der Waals surface area (Å²) in [7, 11) is 0. The topological polar surface area (TPSA) is 76.2 Å². The number of nitrogens with zero attached hydrogens (tertiary/aromatic N) is 2. The van der Waals surface area contributed by atoms with Gasteiger partial charge in [0.25, 0.3) is 0 Å². The van der Waals surface area contributed by atoms with Crippen molar-refractivity contribution in [3.8, 4) is 17.6 Å². The second-order valence-electron chi connectivity index (χ2n) is 4.05. The summed E-state index contributed by atoms with van der Waals surface area (Å²) in [6.45, 7) is 0. The highest BCUT2D eigenvalue weighted by atomic mass is 79.9. The molecule has 0 aliphatic carbocycles. The molecule has 106 valence electrons. The zero-order valence-electron chi connectivity index (χ0n) is 10.5. The second-order valence-corrected chi connectivity index (χ2v) is 4.61. The predicted octanol–water partition coefficient (Wildman–Crippen LogP) is 4.29. The van der Waals surface area contributed by atoms with Gasteiger partial charge in [-0.1, -0.05) is 22.0 Å². The van der Waals surface area contributed by atoms with Crippen LogP contribution in [0.5, 0.6) is 11.5 Å². The molecule has 0 radical (unpaired) electrons. The lowest BCUT2D eigenvalue weighted by atomic mass is 10.2. The molecule has 2 aromatic carbocycles. The average Bonchev–Trinajstić information content (AvgIpc) is 2.49. The number of nitro benzene ring substituents is 1. The van der Waals surface area contributed by atoms with Crippen molar-refractivity contribution in [2.75, 3.05) is 0 Å². The van der Waals surface area contributed by atoms with Crippen molar-refractivity contribution in [3.63, 3.8) is 0 Å². The van der Waals surface area contributed by atoms with Gasteiger partial charge in [0.1, 0.15) is 0 Å². The summed E-state index contributed by atoms with van der Waals surface area (Å²) in [5, 5.41) is 20.2. The maximum absolute atomic E-state index is 13.7. The summed E-state index contributed by atoms with van der Waals surface area (Å²) < 4.78 is 19.0. The van der Waals surface area contributed by atoms with Gasteiger partial charge in [0, 0.05) is 11.4 Å². The van der Waals surface area contributed by atoms with Gasteiger partial charge in [-0.2, -0.15) is 5.26 Å². The summed E-state index contributed by atoms with van der Waals surface area (Å²) in [6.07, 6.45) is 0. The molecule has 0 saturated heterocycles. The van der Waals surface area contributed by atoms with Gasteiger partial charge in [0.15, 0.2) is 11.6 Å². The van der Waals surface area contributed by atoms with Crippen LogP contribution in [0, 0.1) is 27.3 Å². The van der Waals surface area contributed by atoms with E-state index in [2.05, 4.69) is 15.9 Å². The molecule has 5 nitrogen and oxygen atoms in total. The first-order valence-electron chi connectivity index (χ1n) is 5.76. The minimum atomic E-state index is -0.757. The van der Waals surface area contributed by atoms with Gasteiger partial charge in [-0.05, 0) is 29.8 Å². The molecule has 0 spiro atoms. The third-order valence-corrected chi connectivity index (χ3v) is 3.30. The number of hydrogen-bond acceptors (Lipinski definition) is 4. The van der Waals surface area contributed by atoms with Crippen molar-refractivity contribution in [2.45, 2.75) is 5.33 Å². The molecular weight excluding hydrogens is 343 g/mol. The fraction of sp³-hybridized carbons (Fsp3) is 0.0714. The first-order valence-corrected chi connectivity index (χ1v) is 6.88. The molecule has 0 heterocycles. The Labute approximate surface area is 127 Å². The molecule has 0 fully saturated rings. The van der Waals surface area contributed by atoms with Gasteiger partial charge in [-0.15, -0.1) is 0 Å². The van der Waals surface area contributed by atoms with E-state index < -0.39 is 10.7 Å². The van der Waals surface area contributed by atoms with Gasteiger partial charge in [-0.25, -0.2) is 4.39 Å². The highest BCUT2D eigenvalue weighted by Crippen LogP contribution is 2.33. The first-order chi connectivity index (χ1) is 10.0. The van der Waals surface area contributed by atoms with E-state index in [-0.39, 0.29) is 22.7 Å². The number of ether oxygens (including phenoxy) is 1. The van der Waals surface area contributed by atoms with Crippen LogP contribution in [0.4, 0.5) is 10.1 Å². The Morgan fingerprint density at radius 2 is 2.00 bits per heavy atom. The number of nitro groups is 1. The van der Waals surface area contributed by atoms with Crippen LogP contribution in [0.2, 0.25) is 0 Å². The zero-order chi connectivity index (χ0) is 15.4. The lowest BCUT2D eigenvalue weighted by Gasteiger charge is -2.08. The van der Waals surface area contributed by atoms with Crippen molar-refractivity contribution in [3.05, 3.63) is 63.5 Å². The van der Waals surface area contributed by atoms with Crippen molar-refractivity contribution >= 4 is 21.6 Å². The fourth-order valence-electron chi connectivity index (χ4n) is 1.65. The standard InChI is InChI=1S/C14H8BrFN2O3/c15-7-9-1-4-14(12(6-9)18(19)20)21-13-3-2-10(8-17)5-11(13)16/h1-6H,7H2. The Hall–Kier alpha value is -2.46. The van der Waals surface area contributed by atoms with Crippen LogP contribution in [0.3, 0.4) is 0 Å². The molecule has 0 unspecified atom stereocenters. The van der Waals surface area contributed by atoms with E-state index in [9.17, 15) is 14.5 Å². The van der Waals surface area contributed by atoms with Crippen molar-refractivity contribution in [1.29, 1.82) is 5.26 Å². The average molecular weight is 351 g/mol. The molecule has 2 rings (SSSR count). The van der Waals surface area contributed by atoms with Crippen molar-refractivity contribution in [2.24, 2.45) is 0 Å². The molecule has 0 bridgehead atoms. The number of halogens is 2. The number of benzene rings is 2. The fourth-order valence-corrected chi connectivity index (χ4v) is 2.00. The number of rotatable bonds is 4. The van der Waals surface area contributed by atoms with Gasteiger partial charge < -0.3 is 4.74 Å². The summed E-state index contributed by atoms with van der Waals surface area (Å²) in [4.78, 5) is 10.4. The zero-order valence-corrected chi connectivity index (χ0v) is 12.1. The Morgan fingerprint density at radius 3 is 2.57 bits per heavy atom. The van der Waals surface area contributed by atoms with E-state index in [0.29, 0.717) is 10.9 Å². The maximum Gasteiger partial charge on any atom is 0.311 e. The molecule has 0 aliphatic rings. The molecule has 0 saturated carbocycles. The minimum absolute atomic E-state index is 0.0618. The highest BCUT2D eigenvalue weighted by molar-refractivity contribution is 9.08. The number of nitriles is 1. The molecule has 0 N–H and O–H groups in total. The van der Waals surface area contributed by atoms with E-state index in [1.165, 1.54) is 24.3 Å². The van der Waals surface area contributed by atoms with Crippen molar-refractivity contribution < 1.29 is 14.1 Å². The SMILES string of the molecule is N#Cc1ccc(Oc2ccc(CBr)cc2[N+](=O)[O-])c(F)c1. The van der Waals surface area contributed by atoms with Crippen LogP contribution in [0.15, 0.2) is 36.4 Å². The van der Waals surface area contributed by atoms with E-state index in [1.807, 2.05) is 0 Å². The van der Waals surface area contributed by atoms with E-state index in [4.69, 9.17) is 10.00 Å². The Balaban J connectivity index is 2.40. The van der Waals surface area contributed by atoms with E-state index in [0.717, 1.165) is 6.07 Å². The molecule has 0 atom stereocenters. The third-order valence-electron chi connectivity index (χ3n) is 2.66. The molecule has 7 heteroatoms. The minimum Gasteiger partial charge on any atom is -0.447 e. The summed E-state index contributed by atoms with van der Waals surface area (Å²) >= 11 is 3.21. The molecular formula is C14H8BrFN2O3. The molecule has 0 aromatic heterocycles. The summed E-state index contributed by atoms with van der Waals surface area (Å²) in [5.74, 6) is -0.995. The van der Waals surface area contributed by atoms with Gasteiger partial charge in [0.2, 0.25) is 5.75 Å². The predicted molar refractivity (Wildman–Crippen MR) is 76.9 cm³/mol. The largest absolute Gasteiger partial charge is 0.447 e. The summed E-state index contributed by atoms with van der Waals surface area (Å²) in [6, 6.07) is 9.83. The lowest BCUT2D eigenvalue weighted by Crippen LogP contribution is -1.96. The van der Waals surface area contributed by atoms with E-state index in [1.54, 1.807) is 12.1 Å². The molecule has 0 aliphatic heterocycles. The summed E-state index contributed by atoms with van der Waals surface area (Å²) in [5.41, 5.74) is 0.592. The van der Waals surface area contributed by atoms with Crippen LogP contribution in [-0.4, -0.2) is 4.92 Å². The van der Waals surface area contributed by atoms with Crippen LogP contribution in [0.1, 0.15) is 11.1 Å². The Kier molecular flexibility index (Phi) is 4.50. The van der Waals surface area contributed by atoms with Crippen LogP contribution < -0.4 is 4.74 Å². The van der Waals surface area contributed by atoms with E-state index >= 15 is 0 Å². The maximum atomic E-state index is 13.7. The second kappa shape index (κ2) is 6.33. The van der Waals surface area contributed by atoms with Crippen LogP contribution >= 0.6 is 15.9 Å². The monoisotopic (exact) mass is 350 g/mol. The highest BCUT2D eigenvalue weighted by Gasteiger charge is 2.18. The third kappa shape index (κ3) is 3.35. The van der Waals surface area contributed by atoms with Gasteiger partial charge >= 0.3 is 5.69 Å².